The van der Waals surface area contributed by atoms with Crippen molar-refractivity contribution in [3.8, 4) is 11.8 Å². The summed E-state index contributed by atoms with van der Waals surface area (Å²) < 4.78 is 0. The van der Waals surface area contributed by atoms with E-state index in [2.05, 4.69) is 61.8 Å². The lowest BCUT2D eigenvalue weighted by molar-refractivity contribution is 0.308. The van der Waals surface area contributed by atoms with E-state index in [1.807, 2.05) is 0 Å². The predicted molar refractivity (Wildman–Crippen MR) is 89.0 cm³/mol. The fourth-order valence-corrected chi connectivity index (χ4v) is 2.29. The molecule has 0 atom stereocenters. The van der Waals surface area contributed by atoms with Crippen LogP contribution in [0, 0.1) is 11.8 Å². The van der Waals surface area contributed by atoms with E-state index in [4.69, 9.17) is 0 Å². The summed E-state index contributed by atoms with van der Waals surface area (Å²) in [4.78, 5) is 2.43. The third-order valence-electron chi connectivity index (χ3n) is 3.39. The maximum Gasteiger partial charge on any atom is 0.0605 e. The summed E-state index contributed by atoms with van der Waals surface area (Å²) in [5, 5.41) is 0. The molecule has 1 aromatic rings. The molecule has 0 aliphatic carbocycles. The van der Waals surface area contributed by atoms with Crippen molar-refractivity contribution < 1.29 is 0 Å². The van der Waals surface area contributed by atoms with Crippen molar-refractivity contribution in [3.05, 3.63) is 35.4 Å². The Hall–Kier alpha value is -1.26. The summed E-state index contributed by atoms with van der Waals surface area (Å²) in [6, 6.07) is 8.75. The van der Waals surface area contributed by atoms with Crippen LogP contribution in [0.3, 0.4) is 0 Å². The van der Waals surface area contributed by atoms with Crippen LogP contribution >= 0.6 is 0 Å². The number of hydrogen-bond donors (Lipinski definition) is 0. The Bertz CT molecular complexity index is 402. The van der Waals surface area contributed by atoms with E-state index in [0.29, 0.717) is 0 Å². The molecule has 0 aliphatic heterocycles. The molecular weight excluding hydrogens is 242 g/mol. The number of unbranched alkanes of at least 4 members (excludes halogenated alkanes) is 1. The first-order valence-electron chi connectivity index (χ1n) is 8.10. The van der Waals surface area contributed by atoms with Gasteiger partial charge in [0, 0.05) is 5.56 Å². The molecule has 20 heavy (non-hydrogen) atoms. The smallest absolute Gasteiger partial charge is 0.0605 e. The lowest BCUT2D eigenvalue weighted by Crippen LogP contribution is -2.25. The molecule has 1 rings (SSSR count). The zero-order valence-corrected chi connectivity index (χ0v) is 13.4. The van der Waals surface area contributed by atoms with Crippen LogP contribution in [0.4, 0.5) is 0 Å². The van der Waals surface area contributed by atoms with E-state index in [9.17, 15) is 0 Å². The van der Waals surface area contributed by atoms with E-state index in [1.54, 1.807) is 0 Å². The van der Waals surface area contributed by atoms with Crippen molar-refractivity contribution in [1.82, 2.24) is 4.90 Å². The Balaban J connectivity index is 2.49. The Morgan fingerprint density at radius 1 is 0.900 bits per heavy atom. The highest BCUT2D eigenvalue weighted by Gasteiger charge is 1.98. The van der Waals surface area contributed by atoms with Gasteiger partial charge in [-0.2, -0.15) is 0 Å². The predicted octanol–water partition coefficient (Wildman–Crippen LogP) is 4.50. The molecule has 0 spiro atoms. The average Bonchev–Trinajstić information content (AvgIpc) is 2.47. The molecular formula is C19H29N. The second-order valence-electron chi connectivity index (χ2n) is 5.38. The van der Waals surface area contributed by atoms with Crippen LogP contribution in [0.25, 0.3) is 0 Å². The van der Waals surface area contributed by atoms with Gasteiger partial charge in [0.2, 0.25) is 0 Å². The van der Waals surface area contributed by atoms with E-state index in [-0.39, 0.29) is 0 Å². The largest absolute Gasteiger partial charge is 0.292 e. The second-order valence-corrected chi connectivity index (χ2v) is 5.38. The molecule has 0 aliphatic rings. The first kappa shape index (κ1) is 16.8. The van der Waals surface area contributed by atoms with Crippen molar-refractivity contribution in [3.63, 3.8) is 0 Å². The molecule has 0 radical (unpaired) electrons. The normalized spacial score (nSPS) is 10.4. The van der Waals surface area contributed by atoms with Gasteiger partial charge in [-0.3, -0.25) is 4.90 Å². The summed E-state index contributed by atoms with van der Waals surface area (Å²) in [6.45, 7) is 9.88. The fourth-order valence-electron chi connectivity index (χ4n) is 2.29. The van der Waals surface area contributed by atoms with Crippen molar-refractivity contribution >= 4 is 0 Å². The lowest BCUT2D eigenvalue weighted by Gasteiger charge is -2.17. The Kier molecular flexibility index (Phi) is 8.83. The summed E-state index contributed by atoms with van der Waals surface area (Å²) in [6.07, 6.45) is 6.12. The summed E-state index contributed by atoms with van der Waals surface area (Å²) in [7, 11) is 0. The van der Waals surface area contributed by atoms with Crippen molar-refractivity contribution in [1.29, 1.82) is 0 Å². The highest BCUT2D eigenvalue weighted by molar-refractivity contribution is 5.36. The molecule has 0 bridgehead atoms. The molecule has 0 saturated carbocycles. The SMILES string of the molecule is CCCCc1ccc(C#CCN(CCC)CCC)cc1. The third-order valence-corrected chi connectivity index (χ3v) is 3.39. The Morgan fingerprint density at radius 2 is 1.55 bits per heavy atom. The maximum atomic E-state index is 3.31. The first-order chi connectivity index (χ1) is 9.80. The van der Waals surface area contributed by atoms with Crippen molar-refractivity contribution in [2.45, 2.75) is 52.9 Å². The first-order valence-corrected chi connectivity index (χ1v) is 8.10. The minimum atomic E-state index is 0.888. The van der Waals surface area contributed by atoms with E-state index in [1.165, 1.54) is 37.7 Å². The zero-order chi connectivity index (χ0) is 14.6. The molecule has 0 N–H and O–H groups in total. The Morgan fingerprint density at radius 3 is 2.10 bits per heavy atom. The minimum Gasteiger partial charge on any atom is -0.292 e. The van der Waals surface area contributed by atoms with Crippen LogP contribution in [0.1, 0.15) is 57.6 Å². The second kappa shape index (κ2) is 10.5. The number of rotatable bonds is 8. The van der Waals surface area contributed by atoms with Gasteiger partial charge in [-0.05, 0) is 56.5 Å². The topological polar surface area (TPSA) is 3.24 Å². The van der Waals surface area contributed by atoms with Gasteiger partial charge in [0.25, 0.3) is 0 Å². The number of benzene rings is 1. The molecule has 0 fully saturated rings. The van der Waals surface area contributed by atoms with Crippen LogP contribution < -0.4 is 0 Å². The minimum absolute atomic E-state index is 0.888. The highest BCUT2D eigenvalue weighted by Crippen LogP contribution is 2.07. The standard InChI is InChI=1S/C19H29N/c1-4-7-9-18-11-13-19(14-12-18)10-8-17-20(15-5-2)16-6-3/h11-14H,4-7,9,15-17H2,1-3H3. The lowest BCUT2D eigenvalue weighted by atomic mass is 10.1. The summed E-state index contributed by atoms with van der Waals surface area (Å²) in [5.41, 5.74) is 2.56. The van der Waals surface area contributed by atoms with Crippen LogP contribution in [0.5, 0.6) is 0 Å². The molecule has 0 aromatic heterocycles. The molecule has 1 nitrogen and oxygen atoms in total. The summed E-state index contributed by atoms with van der Waals surface area (Å²) >= 11 is 0. The molecule has 0 amide bonds. The van der Waals surface area contributed by atoms with Crippen molar-refractivity contribution in [2.75, 3.05) is 19.6 Å². The Labute approximate surface area is 125 Å². The fraction of sp³-hybridized carbons (Fsp3) is 0.579. The van der Waals surface area contributed by atoms with Crippen LogP contribution in [0.15, 0.2) is 24.3 Å². The van der Waals surface area contributed by atoms with Crippen LogP contribution in [0.2, 0.25) is 0 Å². The molecule has 0 saturated heterocycles. The summed E-state index contributed by atoms with van der Waals surface area (Å²) in [5.74, 6) is 6.59. The molecule has 0 unspecified atom stereocenters. The third kappa shape index (κ3) is 6.78. The van der Waals surface area contributed by atoms with Crippen LogP contribution in [-0.4, -0.2) is 24.5 Å². The number of nitrogens with zero attached hydrogens (tertiary/aromatic N) is 1. The average molecular weight is 271 g/mol. The zero-order valence-electron chi connectivity index (χ0n) is 13.4. The molecule has 110 valence electrons. The molecule has 1 aromatic carbocycles. The van der Waals surface area contributed by atoms with E-state index in [0.717, 1.165) is 25.2 Å². The van der Waals surface area contributed by atoms with Gasteiger partial charge >= 0.3 is 0 Å². The molecule has 0 heterocycles. The van der Waals surface area contributed by atoms with E-state index >= 15 is 0 Å². The van der Waals surface area contributed by atoms with Gasteiger partial charge in [-0.1, -0.05) is 51.2 Å². The monoisotopic (exact) mass is 271 g/mol. The molecule has 1 heteroatoms. The van der Waals surface area contributed by atoms with Gasteiger partial charge in [-0.25, -0.2) is 0 Å². The van der Waals surface area contributed by atoms with Gasteiger partial charge < -0.3 is 0 Å². The number of aryl methyl sites for hydroxylation is 1. The maximum absolute atomic E-state index is 3.31. The van der Waals surface area contributed by atoms with Crippen molar-refractivity contribution in [2.24, 2.45) is 0 Å². The van der Waals surface area contributed by atoms with Gasteiger partial charge in [0.05, 0.1) is 6.54 Å². The van der Waals surface area contributed by atoms with Gasteiger partial charge in [-0.15, -0.1) is 0 Å². The van der Waals surface area contributed by atoms with E-state index < -0.39 is 0 Å². The van der Waals surface area contributed by atoms with Gasteiger partial charge in [0.1, 0.15) is 0 Å². The quantitative estimate of drug-likeness (QED) is 0.629. The van der Waals surface area contributed by atoms with Gasteiger partial charge in [0.15, 0.2) is 0 Å². The van der Waals surface area contributed by atoms with Crippen LogP contribution in [-0.2, 0) is 6.42 Å². The number of hydrogen-bond acceptors (Lipinski definition) is 1. The highest BCUT2D eigenvalue weighted by atomic mass is 15.1.